The van der Waals surface area contributed by atoms with Gasteiger partial charge in [0.1, 0.15) is 0 Å². The van der Waals surface area contributed by atoms with Crippen LogP contribution in [0, 0.1) is 0 Å². The second-order valence-corrected chi connectivity index (χ2v) is 6.87. The quantitative estimate of drug-likeness (QED) is 0.357. The van der Waals surface area contributed by atoms with E-state index in [0.717, 1.165) is 22.3 Å². The van der Waals surface area contributed by atoms with Crippen molar-refractivity contribution in [1.82, 2.24) is 0 Å². The molecule has 138 valence electrons. The lowest BCUT2D eigenvalue weighted by molar-refractivity contribution is -0.390. The zero-order chi connectivity index (χ0) is 19.0. The molecule has 0 radical (unpaired) electrons. The van der Waals surface area contributed by atoms with E-state index in [4.69, 9.17) is 18.9 Å². The largest absolute Gasteiger partial charge is 0.341 e. The maximum Gasteiger partial charge on any atom is 0.221 e. The van der Waals surface area contributed by atoms with Gasteiger partial charge in [-0.2, -0.15) is 0 Å². The highest BCUT2D eigenvalue weighted by Crippen LogP contribution is 2.34. The van der Waals surface area contributed by atoms with Crippen LogP contribution in [-0.2, 0) is 18.9 Å². The summed E-state index contributed by atoms with van der Waals surface area (Å²) in [5, 5.41) is 0. The summed E-state index contributed by atoms with van der Waals surface area (Å²) in [5.41, 5.74) is 3.51. The number of hydrogen-bond acceptors (Lipinski definition) is 4. The van der Waals surface area contributed by atoms with Crippen molar-refractivity contribution in [2.45, 2.75) is 53.1 Å². The Morgan fingerprint density at radius 2 is 0.708 bits per heavy atom. The fraction of sp³-hybridized carbons (Fsp3) is 0.600. The molecular formula is C20H34O4. The lowest BCUT2D eigenvalue weighted by Crippen LogP contribution is -2.58. The Morgan fingerprint density at radius 1 is 0.542 bits per heavy atom. The van der Waals surface area contributed by atoms with E-state index in [-0.39, 0.29) is 0 Å². The summed E-state index contributed by atoms with van der Waals surface area (Å²) in [6.45, 7) is 28.0. The van der Waals surface area contributed by atoms with Gasteiger partial charge in [-0.3, -0.25) is 0 Å². The molecule has 0 aromatic carbocycles. The minimum Gasteiger partial charge on any atom is -0.341 e. The van der Waals surface area contributed by atoms with Gasteiger partial charge in [-0.25, -0.2) is 0 Å². The number of hydrogen-bond donors (Lipinski definition) is 0. The van der Waals surface area contributed by atoms with Gasteiger partial charge in [0.2, 0.25) is 11.6 Å². The van der Waals surface area contributed by atoms with Gasteiger partial charge in [0.25, 0.3) is 0 Å². The van der Waals surface area contributed by atoms with E-state index in [1.54, 1.807) is 13.8 Å². The summed E-state index contributed by atoms with van der Waals surface area (Å²) in [4.78, 5) is 0. The van der Waals surface area contributed by atoms with Crippen LogP contribution in [0.3, 0.4) is 0 Å². The van der Waals surface area contributed by atoms with Crippen molar-refractivity contribution in [2.24, 2.45) is 0 Å². The molecule has 0 unspecified atom stereocenters. The number of ether oxygens (including phenoxy) is 4. The van der Waals surface area contributed by atoms with Gasteiger partial charge in [-0.1, -0.05) is 48.6 Å². The molecule has 0 fully saturated rings. The molecule has 0 rings (SSSR count). The van der Waals surface area contributed by atoms with E-state index in [1.165, 1.54) is 0 Å². The Labute approximate surface area is 147 Å². The van der Waals surface area contributed by atoms with Crippen LogP contribution in [0.2, 0.25) is 0 Å². The second kappa shape index (κ2) is 9.94. The zero-order valence-electron chi connectivity index (χ0n) is 16.3. The lowest BCUT2D eigenvalue weighted by atomic mass is 10.1. The minimum atomic E-state index is -1.16. The normalized spacial score (nSPS) is 12.1. The van der Waals surface area contributed by atoms with Crippen molar-refractivity contribution in [3.05, 3.63) is 48.6 Å². The molecule has 4 heteroatoms. The van der Waals surface area contributed by atoms with Crippen molar-refractivity contribution < 1.29 is 18.9 Å². The standard InChI is InChI=1S/C20H34O4/c1-15(2)11-21-19(9,22-12-16(3)4)20(10,23-13-17(5)6)24-14-18(7)8/h1,3,5,7,11-14H2,2,4,6,8-10H3. The summed E-state index contributed by atoms with van der Waals surface area (Å²) in [6, 6.07) is 0. The highest BCUT2D eigenvalue weighted by atomic mass is 16.8. The van der Waals surface area contributed by atoms with Gasteiger partial charge in [0.15, 0.2) is 0 Å². The molecule has 0 atom stereocenters. The van der Waals surface area contributed by atoms with E-state index in [0.29, 0.717) is 26.4 Å². The maximum atomic E-state index is 6.00. The first-order valence-electron chi connectivity index (χ1n) is 8.05. The van der Waals surface area contributed by atoms with Crippen molar-refractivity contribution >= 4 is 0 Å². The third-order valence-corrected chi connectivity index (χ3v) is 3.20. The van der Waals surface area contributed by atoms with Crippen LogP contribution in [0.1, 0.15) is 41.5 Å². The fourth-order valence-electron chi connectivity index (χ4n) is 1.65. The van der Waals surface area contributed by atoms with Gasteiger partial charge in [0, 0.05) is 0 Å². The molecular weight excluding hydrogens is 304 g/mol. The van der Waals surface area contributed by atoms with E-state index in [1.807, 2.05) is 27.7 Å². The average molecular weight is 338 g/mol. The van der Waals surface area contributed by atoms with Gasteiger partial charge in [0.05, 0.1) is 26.4 Å². The minimum absolute atomic E-state index is 0.329. The third kappa shape index (κ3) is 8.06. The maximum absolute atomic E-state index is 6.00. The van der Waals surface area contributed by atoms with E-state index < -0.39 is 11.6 Å². The van der Waals surface area contributed by atoms with E-state index >= 15 is 0 Å². The first kappa shape index (κ1) is 22.8. The second-order valence-electron chi connectivity index (χ2n) is 6.87. The zero-order valence-corrected chi connectivity index (χ0v) is 16.3. The lowest BCUT2D eigenvalue weighted by Gasteiger charge is -2.44. The molecule has 0 heterocycles. The molecule has 0 bridgehead atoms. The van der Waals surface area contributed by atoms with Gasteiger partial charge in [-0.05, 0) is 41.5 Å². The topological polar surface area (TPSA) is 36.9 Å². The van der Waals surface area contributed by atoms with Gasteiger partial charge in [-0.15, -0.1) is 0 Å². The molecule has 0 aromatic heterocycles. The third-order valence-electron chi connectivity index (χ3n) is 3.20. The highest BCUT2D eigenvalue weighted by molar-refractivity contribution is 4.97. The van der Waals surface area contributed by atoms with Crippen LogP contribution in [0.4, 0.5) is 0 Å². The predicted molar refractivity (Wildman–Crippen MR) is 99.9 cm³/mol. The summed E-state index contributed by atoms with van der Waals surface area (Å²) >= 11 is 0. The molecule has 0 amide bonds. The van der Waals surface area contributed by atoms with Crippen LogP contribution in [0.5, 0.6) is 0 Å². The molecule has 0 aromatic rings. The SMILES string of the molecule is C=C(C)COC(C)(OCC(=C)C)C(C)(OCC(=C)C)OCC(=C)C. The smallest absolute Gasteiger partial charge is 0.221 e. The van der Waals surface area contributed by atoms with E-state index in [2.05, 4.69) is 26.3 Å². The summed E-state index contributed by atoms with van der Waals surface area (Å²) in [7, 11) is 0. The first-order valence-corrected chi connectivity index (χ1v) is 8.05. The van der Waals surface area contributed by atoms with Crippen LogP contribution in [0.15, 0.2) is 48.6 Å². The predicted octanol–water partition coefficient (Wildman–Crippen LogP) is 4.79. The van der Waals surface area contributed by atoms with Crippen molar-refractivity contribution in [2.75, 3.05) is 26.4 Å². The molecule has 0 spiro atoms. The van der Waals surface area contributed by atoms with Gasteiger partial charge < -0.3 is 18.9 Å². The highest BCUT2D eigenvalue weighted by Gasteiger charge is 2.50. The summed E-state index contributed by atoms with van der Waals surface area (Å²) in [5.74, 6) is -2.31. The Bertz CT molecular complexity index is 396. The Balaban J connectivity index is 5.53. The van der Waals surface area contributed by atoms with Crippen molar-refractivity contribution in [3.63, 3.8) is 0 Å². The van der Waals surface area contributed by atoms with Crippen molar-refractivity contribution in [1.29, 1.82) is 0 Å². The summed E-state index contributed by atoms with van der Waals surface area (Å²) < 4.78 is 24.0. The fourth-order valence-corrected chi connectivity index (χ4v) is 1.65. The monoisotopic (exact) mass is 338 g/mol. The van der Waals surface area contributed by atoms with Crippen LogP contribution < -0.4 is 0 Å². The summed E-state index contributed by atoms with van der Waals surface area (Å²) in [6.07, 6.45) is 0. The molecule has 0 N–H and O–H groups in total. The van der Waals surface area contributed by atoms with Crippen LogP contribution >= 0.6 is 0 Å². The van der Waals surface area contributed by atoms with Crippen molar-refractivity contribution in [3.8, 4) is 0 Å². The van der Waals surface area contributed by atoms with Crippen LogP contribution in [-0.4, -0.2) is 38.0 Å². The Kier molecular flexibility index (Phi) is 9.45. The molecule has 4 nitrogen and oxygen atoms in total. The molecule has 0 aliphatic heterocycles. The number of rotatable bonds is 13. The first-order chi connectivity index (χ1) is 10.9. The molecule has 0 aliphatic rings. The molecule has 0 aliphatic carbocycles. The van der Waals surface area contributed by atoms with E-state index in [9.17, 15) is 0 Å². The molecule has 0 saturated carbocycles. The van der Waals surface area contributed by atoms with Crippen LogP contribution in [0.25, 0.3) is 0 Å². The average Bonchev–Trinajstić information content (AvgIpc) is 2.46. The molecule has 0 saturated heterocycles. The molecule has 24 heavy (non-hydrogen) atoms. The Hall–Kier alpha value is -1.20. The van der Waals surface area contributed by atoms with Gasteiger partial charge >= 0.3 is 0 Å². The Morgan fingerprint density at radius 3 is 0.833 bits per heavy atom.